The minimum Gasteiger partial charge on any atom is -0.463 e. The molecule has 0 radical (unpaired) electrons. The fourth-order valence-electron chi connectivity index (χ4n) is 2.99. The van der Waals surface area contributed by atoms with Crippen molar-refractivity contribution in [3.05, 3.63) is 23.7 Å². The summed E-state index contributed by atoms with van der Waals surface area (Å²) >= 11 is 0. The Hall–Kier alpha value is -0.960. The maximum absolute atomic E-state index is 6.02. The van der Waals surface area contributed by atoms with Crippen LogP contribution in [0.25, 0.3) is 0 Å². The zero-order valence-electron chi connectivity index (χ0n) is 14.5. The van der Waals surface area contributed by atoms with Crippen molar-refractivity contribution in [2.75, 3.05) is 72.4 Å². The Bertz CT molecular complexity index is 430. The molecule has 0 aromatic carbocycles. The zero-order chi connectivity index (χ0) is 16.5. The summed E-state index contributed by atoms with van der Waals surface area (Å²) in [4.78, 5) is 4.66. The lowest BCUT2D eigenvalue weighted by Crippen LogP contribution is -2.36. The third kappa shape index (κ3) is 6.16. The third-order valence-corrected chi connectivity index (χ3v) is 4.36. The number of rotatable bonds is 0. The lowest BCUT2D eigenvalue weighted by Gasteiger charge is -2.23. The SMILES string of the molecule is c1cc2oc1CN1CCNCCOCCNCCN(COCC1)C2. The average Bonchev–Trinajstić information content (AvgIpc) is 2.99. The Balaban J connectivity index is 1.65. The van der Waals surface area contributed by atoms with Gasteiger partial charge >= 0.3 is 0 Å². The van der Waals surface area contributed by atoms with Crippen LogP contribution >= 0.6 is 0 Å². The van der Waals surface area contributed by atoms with Gasteiger partial charge in [-0.25, -0.2) is 0 Å². The van der Waals surface area contributed by atoms with Crippen molar-refractivity contribution in [3.8, 4) is 0 Å². The van der Waals surface area contributed by atoms with Crippen LogP contribution < -0.4 is 10.6 Å². The Morgan fingerprint density at radius 3 is 2.12 bits per heavy atom. The number of nitrogens with zero attached hydrogens (tertiary/aromatic N) is 2. The van der Waals surface area contributed by atoms with E-state index in [0.717, 1.165) is 90.2 Å². The van der Waals surface area contributed by atoms with E-state index in [1.807, 2.05) is 0 Å². The van der Waals surface area contributed by atoms with Crippen molar-refractivity contribution in [2.24, 2.45) is 0 Å². The molecule has 2 unspecified atom stereocenters. The van der Waals surface area contributed by atoms with Crippen LogP contribution in [0, 0.1) is 0 Å². The molecule has 0 aliphatic carbocycles. The molecule has 2 aliphatic heterocycles. The van der Waals surface area contributed by atoms with Crippen LogP contribution in [0.15, 0.2) is 16.5 Å². The third-order valence-electron chi connectivity index (χ3n) is 4.36. The van der Waals surface area contributed by atoms with Gasteiger partial charge in [-0.3, -0.25) is 9.80 Å². The summed E-state index contributed by atoms with van der Waals surface area (Å²) in [5.74, 6) is 2.05. The van der Waals surface area contributed by atoms with E-state index < -0.39 is 0 Å². The first-order valence-electron chi connectivity index (χ1n) is 8.99. The lowest BCUT2D eigenvalue weighted by molar-refractivity contribution is 0.0133. The second-order valence-corrected chi connectivity index (χ2v) is 6.35. The molecule has 1 saturated heterocycles. The topological polar surface area (TPSA) is 62.1 Å². The number of nitrogens with one attached hydrogen (secondary N) is 2. The summed E-state index contributed by atoms with van der Waals surface area (Å²) in [7, 11) is 0. The van der Waals surface area contributed by atoms with E-state index in [4.69, 9.17) is 13.9 Å². The van der Waals surface area contributed by atoms with Gasteiger partial charge in [0.25, 0.3) is 0 Å². The predicted octanol–water partition coefficient (Wildman–Crippen LogP) is 0.0807. The normalized spacial score (nSPS) is 28.5. The molecule has 7 heteroatoms. The smallest absolute Gasteiger partial charge is 0.118 e. The monoisotopic (exact) mass is 338 g/mol. The molecule has 0 spiro atoms. The number of furan rings is 1. The van der Waals surface area contributed by atoms with Crippen molar-refractivity contribution in [2.45, 2.75) is 13.1 Å². The highest BCUT2D eigenvalue weighted by molar-refractivity contribution is 5.07. The summed E-state index contributed by atoms with van der Waals surface area (Å²) < 4.78 is 17.5. The van der Waals surface area contributed by atoms with E-state index in [1.165, 1.54) is 0 Å². The van der Waals surface area contributed by atoms with E-state index in [2.05, 4.69) is 32.6 Å². The van der Waals surface area contributed by atoms with Gasteiger partial charge in [0.05, 0.1) is 39.6 Å². The van der Waals surface area contributed by atoms with Gasteiger partial charge in [-0.2, -0.15) is 0 Å². The van der Waals surface area contributed by atoms with E-state index in [9.17, 15) is 0 Å². The molecule has 0 saturated carbocycles. The molecular weight excluding hydrogens is 308 g/mol. The van der Waals surface area contributed by atoms with Gasteiger partial charge in [-0.1, -0.05) is 0 Å². The van der Waals surface area contributed by atoms with Gasteiger partial charge in [0.1, 0.15) is 11.5 Å². The molecule has 2 atom stereocenters. The fourth-order valence-corrected chi connectivity index (χ4v) is 2.99. The largest absolute Gasteiger partial charge is 0.463 e. The molecule has 1 aromatic heterocycles. The van der Waals surface area contributed by atoms with Crippen LogP contribution in [-0.4, -0.2) is 82.2 Å². The number of fused-ring (bicyclic) bond motifs is 7. The van der Waals surface area contributed by atoms with Crippen LogP contribution in [-0.2, 0) is 22.6 Å². The van der Waals surface area contributed by atoms with Gasteiger partial charge in [0.15, 0.2) is 0 Å². The molecule has 136 valence electrons. The van der Waals surface area contributed by atoms with Crippen LogP contribution in [0.4, 0.5) is 0 Å². The molecule has 1 fully saturated rings. The van der Waals surface area contributed by atoms with Crippen LogP contribution in [0.5, 0.6) is 0 Å². The lowest BCUT2D eigenvalue weighted by atomic mass is 10.3. The van der Waals surface area contributed by atoms with Gasteiger partial charge in [-0.05, 0) is 12.1 Å². The summed E-state index contributed by atoms with van der Waals surface area (Å²) in [6, 6.07) is 4.20. The zero-order valence-corrected chi connectivity index (χ0v) is 14.5. The first-order chi connectivity index (χ1) is 11.9. The molecule has 7 nitrogen and oxygen atoms in total. The molecular formula is C17H30N4O3. The summed E-state index contributed by atoms with van der Waals surface area (Å²) in [5.41, 5.74) is 0. The van der Waals surface area contributed by atoms with E-state index >= 15 is 0 Å². The minimum atomic E-state index is 0.639. The van der Waals surface area contributed by atoms with E-state index in [-0.39, 0.29) is 0 Å². The average molecular weight is 338 g/mol. The van der Waals surface area contributed by atoms with Crippen LogP contribution in [0.1, 0.15) is 11.5 Å². The van der Waals surface area contributed by atoms with Gasteiger partial charge in [0.2, 0.25) is 0 Å². The van der Waals surface area contributed by atoms with Gasteiger partial charge in [-0.15, -0.1) is 0 Å². The second-order valence-electron chi connectivity index (χ2n) is 6.35. The maximum atomic E-state index is 6.02. The Kier molecular flexibility index (Phi) is 7.53. The molecule has 3 rings (SSSR count). The minimum absolute atomic E-state index is 0.639. The first-order valence-corrected chi connectivity index (χ1v) is 8.99. The fraction of sp³-hybridized carbons (Fsp3) is 0.765. The highest BCUT2D eigenvalue weighted by Gasteiger charge is 2.14. The summed E-state index contributed by atoms with van der Waals surface area (Å²) in [6.45, 7) is 11.0. The summed E-state index contributed by atoms with van der Waals surface area (Å²) in [5, 5.41) is 6.87. The van der Waals surface area contributed by atoms with E-state index in [1.54, 1.807) is 0 Å². The molecule has 2 N–H and O–H groups in total. The maximum Gasteiger partial charge on any atom is 0.118 e. The Morgan fingerprint density at radius 1 is 0.708 bits per heavy atom. The highest BCUT2D eigenvalue weighted by atomic mass is 16.5. The van der Waals surface area contributed by atoms with Crippen molar-refractivity contribution in [3.63, 3.8) is 0 Å². The Morgan fingerprint density at radius 2 is 1.38 bits per heavy atom. The first kappa shape index (κ1) is 17.8. The standard InChI is InChI=1S/C17H30N4O3/c1-2-17-14-21-8-4-19-6-11-22-10-5-18-3-7-20(9-12-23-15-21)13-16(1)24-17/h1-2,18-19H,3-15H2. The molecule has 0 amide bonds. The predicted molar refractivity (Wildman–Crippen MR) is 91.8 cm³/mol. The number of hydrogen-bond donors (Lipinski definition) is 2. The van der Waals surface area contributed by atoms with Crippen molar-refractivity contribution in [1.29, 1.82) is 0 Å². The quantitative estimate of drug-likeness (QED) is 0.695. The van der Waals surface area contributed by atoms with Gasteiger partial charge < -0.3 is 24.5 Å². The molecule has 2 aliphatic rings. The number of hydrogen-bond acceptors (Lipinski definition) is 7. The molecule has 4 bridgehead atoms. The molecule has 24 heavy (non-hydrogen) atoms. The Labute approximate surface area is 144 Å². The number of ether oxygens (including phenoxy) is 2. The van der Waals surface area contributed by atoms with Crippen molar-refractivity contribution in [1.82, 2.24) is 20.4 Å². The van der Waals surface area contributed by atoms with Crippen molar-refractivity contribution >= 4 is 0 Å². The molecule has 3 heterocycles. The van der Waals surface area contributed by atoms with E-state index in [0.29, 0.717) is 6.73 Å². The summed E-state index contributed by atoms with van der Waals surface area (Å²) in [6.07, 6.45) is 0. The molecule has 1 aromatic rings. The highest BCUT2D eigenvalue weighted by Crippen LogP contribution is 2.14. The van der Waals surface area contributed by atoms with Crippen molar-refractivity contribution < 1.29 is 13.9 Å². The van der Waals surface area contributed by atoms with Gasteiger partial charge in [0, 0.05) is 45.8 Å². The van der Waals surface area contributed by atoms with Crippen LogP contribution in [0.3, 0.4) is 0 Å². The van der Waals surface area contributed by atoms with Crippen LogP contribution in [0.2, 0.25) is 0 Å². The second kappa shape index (κ2) is 10.1.